The van der Waals surface area contributed by atoms with E-state index in [0.717, 1.165) is 15.7 Å². The van der Waals surface area contributed by atoms with E-state index in [1.54, 1.807) is 19.5 Å². The van der Waals surface area contributed by atoms with Crippen molar-refractivity contribution >= 4 is 34.2 Å². The van der Waals surface area contributed by atoms with Crippen molar-refractivity contribution in [1.82, 2.24) is 9.97 Å². The van der Waals surface area contributed by atoms with Crippen LogP contribution in [-0.2, 0) is 11.2 Å². The number of ether oxygens (including phenoxy) is 1. The first-order valence-electron chi connectivity index (χ1n) is 5.61. The predicted molar refractivity (Wildman–Crippen MR) is 80.1 cm³/mol. The van der Waals surface area contributed by atoms with E-state index in [-0.39, 0.29) is 0 Å². The summed E-state index contributed by atoms with van der Waals surface area (Å²) in [6.45, 7) is 0.701. The molecule has 0 saturated carbocycles. The van der Waals surface area contributed by atoms with Gasteiger partial charge < -0.3 is 10.1 Å². The van der Waals surface area contributed by atoms with E-state index in [0.29, 0.717) is 12.6 Å². The summed E-state index contributed by atoms with van der Waals surface area (Å²) < 4.78 is 6.13. The third kappa shape index (κ3) is 3.64. The summed E-state index contributed by atoms with van der Waals surface area (Å²) in [6.07, 6.45) is 4.44. The predicted octanol–water partition coefficient (Wildman–Crippen LogP) is 3.01. The third-order valence-corrected chi connectivity index (χ3v) is 3.02. The molecule has 1 aromatic carbocycles. The second-order valence-corrected chi connectivity index (χ2v) is 5.00. The summed E-state index contributed by atoms with van der Waals surface area (Å²) in [5.74, 6) is 0.611. The molecule has 2 rings (SSSR count). The van der Waals surface area contributed by atoms with E-state index in [4.69, 9.17) is 4.74 Å². The van der Waals surface area contributed by atoms with Crippen molar-refractivity contribution in [3.8, 4) is 0 Å². The Hall–Kier alpha value is -1.21. The Morgan fingerprint density at radius 2 is 1.94 bits per heavy atom. The van der Waals surface area contributed by atoms with E-state index in [9.17, 15) is 0 Å². The first-order chi connectivity index (χ1) is 8.79. The maximum Gasteiger partial charge on any atom is 0.227 e. The van der Waals surface area contributed by atoms with E-state index in [1.165, 1.54) is 5.56 Å². The Kier molecular flexibility index (Phi) is 4.89. The Bertz CT molecular complexity index is 502. The van der Waals surface area contributed by atoms with Crippen molar-refractivity contribution in [2.45, 2.75) is 6.42 Å². The zero-order chi connectivity index (χ0) is 12.8. The van der Waals surface area contributed by atoms with Gasteiger partial charge in [0.15, 0.2) is 0 Å². The Labute approximate surface area is 120 Å². The Morgan fingerprint density at radius 3 is 2.67 bits per heavy atom. The van der Waals surface area contributed by atoms with Gasteiger partial charge in [0.2, 0.25) is 5.95 Å². The lowest BCUT2D eigenvalue weighted by molar-refractivity contribution is 0.202. The van der Waals surface area contributed by atoms with Crippen molar-refractivity contribution in [3.05, 3.63) is 45.8 Å². The minimum Gasteiger partial charge on any atom is -0.384 e. The number of para-hydroxylation sites is 1. The lowest BCUT2D eigenvalue weighted by Gasteiger charge is -2.10. The number of hydrogen-bond donors (Lipinski definition) is 1. The van der Waals surface area contributed by atoms with Crippen LogP contribution in [0.4, 0.5) is 11.6 Å². The van der Waals surface area contributed by atoms with Crippen molar-refractivity contribution < 1.29 is 4.74 Å². The number of hydrogen-bond acceptors (Lipinski definition) is 4. The molecule has 0 aliphatic rings. The van der Waals surface area contributed by atoms with Gasteiger partial charge in [-0.1, -0.05) is 18.2 Å². The molecular formula is C13H14IN3O. The smallest absolute Gasteiger partial charge is 0.227 e. The van der Waals surface area contributed by atoms with Crippen LogP contribution >= 0.6 is 22.6 Å². The number of methoxy groups -OCH3 is 1. The van der Waals surface area contributed by atoms with Crippen LogP contribution in [0, 0.1) is 3.57 Å². The maximum atomic E-state index is 5.11. The maximum absolute atomic E-state index is 5.11. The molecule has 0 saturated heterocycles. The van der Waals surface area contributed by atoms with Crippen molar-refractivity contribution in [2.75, 3.05) is 19.0 Å². The highest BCUT2D eigenvalue weighted by Crippen LogP contribution is 2.19. The van der Waals surface area contributed by atoms with Crippen LogP contribution in [0.1, 0.15) is 5.56 Å². The molecule has 18 heavy (non-hydrogen) atoms. The van der Waals surface area contributed by atoms with Gasteiger partial charge in [-0.15, -0.1) is 0 Å². The number of halogens is 1. The average molecular weight is 355 g/mol. The van der Waals surface area contributed by atoms with E-state index in [1.807, 2.05) is 18.2 Å². The minimum absolute atomic E-state index is 0.611. The van der Waals surface area contributed by atoms with Crippen LogP contribution in [0.25, 0.3) is 0 Å². The topological polar surface area (TPSA) is 47.0 Å². The zero-order valence-corrected chi connectivity index (χ0v) is 12.2. The zero-order valence-electron chi connectivity index (χ0n) is 10.1. The molecule has 0 bridgehead atoms. The molecule has 0 amide bonds. The average Bonchev–Trinajstić information content (AvgIpc) is 2.40. The monoisotopic (exact) mass is 355 g/mol. The van der Waals surface area contributed by atoms with E-state index >= 15 is 0 Å². The molecular weight excluding hydrogens is 341 g/mol. The fourth-order valence-electron chi connectivity index (χ4n) is 1.57. The van der Waals surface area contributed by atoms with Gasteiger partial charge in [-0.3, -0.25) is 0 Å². The number of rotatable bonds is 5. The first kappa shape index (κ1) is 13.2. The summed E-state index contributed by atoms with van der Waals surface area (Å²) in [5, 5.41) is 3.23. The molecule has 1 N–H and O–H groups in total. The highest BCUT2D eigenvalue weighted by Gasteiger charge is 2.03. The molecule has 0 fully saturated rings. The fraction of sp³-hybridized carbons (Fsp3) is 0.231. The van der Waals surface area contributed by atoms with Gasteiger partial charge in [0.25, 0.3) is 0 Å². The first-order valence-corrected chi connectivity index (χ1v) is 6.69. The number of nitrogens with one attached hydrogen (secondary N) is 1. The molecule has 4 nitrogen and oxygen atoms in total. The van der Waals surface area contributed by atoms with Crippen molar-refractivity contribution in [3.63, 3.8) is 0 Å². The van der Waals surface area contributed by atoms with Crippen LogP contribution in [0.3, 0.4) is 0 Å². The third-order valence-electron chi connectivity index (χ3n) is 2.46. The molecule has 5 heteroatoms. The normalized spacial score (nSPS) is 10.3. The van der Waals surface area contributed by atoms with Crippen LogP contribution in [-0.4, -0.2) is 23.7 Å². The van der Waals surface area contributed by atoms with Crippen LogP contribution in [0.15, 0.2) is 36.7 Å². The fourth-order valence-corrected chi connectivity index (χ4v) is 1.85. The van der Waals surface area contributed by atoms with Crippen LogP contribution in [0.2, 0.25) is 0 Å². The van der Waals surface area contributed by atoms with Gasteiger partial charge in [-0.05, 0) is 40.6 Å². The second-order valence-electron chi connectivity index (χ2n) is 3.75. The summed E-state index contributed by atoms with van der Waals surface area (Å²) in [5.41, 5.74) is 2.22. The molecule has 0 spiro atoms. The van der Waals surface area contributed by atoms with Gasteiger partial charge in [-0.25, -0.2) is 9.97 Å². The second kappa shape index (κ2) is 6.65. The Morgan fingerprint density at radius 1 is 1.22 bits per heavy atom. The summed E-state index contributed by atoms with van der Waals surface area (Å²) in [4.78, 5) is 8.47. The number of nitrogens with zero attached hydrogens (tertiary/aromatic N) is 2. The molecule has 1 aromatic heterocycles. The van der Waals surface area contributed by atoms with Crippen LogP contribution < -0.4 is 5.32 Å². The highest BCUT2D eigenvalue weighted by atomic mass is 127. The molecule has 94 valence electrons. The minimum atomic E-state index is 0.611. The number of aromatic nitrogens is 2. The number of benzene rings is 1. The SMILES string of the molecule is COCCc1ccccc1Nc1ncc(I)cn1. The highest BCUT2D eigenvalue weighted by molar-refractivity contribution is 14.1. The lowest BCUT2D eigenvalue weighted by atomic mass is 10.1. The summed E-state index contributed by atoms with van der Waals surface area (Å²) in [7, 11) is 1.71. The van der Waals surface area contributed by atoms with Gasteiger partial charge >= 0.3 is 0 Å². The molecule has 0 unspecified atom stereocenters. The quantitative estimate of drug-likeness (QED) is 0.838. The Balaban J connectivity index is 2.15. The van der Waals surface area contributed by atoms with Crippen LogP contribution in [0.5, 0.6) is 0 Å². The van der Waals surface area contributed by atoms with Crippen molar-refractivity contribution in [1.29, 1.82) is 0 Å². The molecule has 1 heterocycles. The van der Waals surface area contributed by atoms with E-state index in [2.05, 4.69) is 43.9 Å². The molecule has 2 aromatic rings. The summed E-state index contributed by atoms with van der Waals surface area (Å²) in [6, 6.07) is 8.11. The number of anilines is 2. The van der Waals surface area contributed by atoms with Crippen molar-refractivity contribution in [2.24, 2.45) is 0 Å². The summed E-state index contributed by atoms with van der Waals surface area (Å²) >= 11 is 2.18. The molecule has 0 aliphatic heterocycles. The van der Waals surface area contributed by atoms with E-state index < -0.39 is 0 Å². The van der Waals surface area contributed by atoms with Gasteiger partial charge in [0.1, 0.15) is 0 Å². The van der Waals surface area contributed by atoms with Gasteiger partial charge in [0, 0.05) is 28.8 Å². The largest absolute Gasteiger partial charge is 0.384 e. The molecule has 0 atom stereocenters. The standard InChI is InChI=1S/C13H14IN3O/c1-18-7-6-10-4-2-3-5-12(10)17-13-15-8-11(14)9-16-13/h2-5,8-9H,6-7H2,1H3,(H,15,16,17). The molecule has 0 aliphatic carbocycles. The lowest BCUT2D eigenvalue weighted by Crippen LogP contribution is -2.02. The molecule has 0 radical (unpaired) electrons. The van der Waals surface area contributed by atoms with Gasteiger partial charge in [-0.2, -0.15) is 0 Å². The van der Waals surface area contributed by atoms with Gasteiger partial charge in [0.05, 0.1) is 6.61 Å².